The van der Waals surface area contributed by atoms with E-state index in [-0.39, 0.29) is 5.60 Å². The summed E-state index contributed by atoms with van der Waals surface area (Å²) in [6.07, 6.45) is 23.2. The summed E-state index contributed by atoms with van der Waals surface area (Å²) >= 11 is 0. The molecule has 1 nitrogen and oxygen atoms in total. The van der Waals surface area contributed by atoms with E-state index in [0.29, 0.717) is 6.10 Å². The second-order valence-corrected chi connectivity index (χ2v) is 7.93. The molecule has 1 heterocycles. The van der Waals surface area contributed by atoms with Crippen LogP contribution in [-0.4, -0.2) is 11.7 Å². The van der Waals surface area contributed by atoms with Crippen molar-refractivity contribution in [2.75, 3.05) is 0 Å². The van der Waals surface area contributed by atoms with Crippen LogP contribution in [0.5, 0.6) is 0 Å². The van der Waals surface area contributed by atoms with Crippen molar-refractivity contribution in [3.8, 4) is 0 Å². The number of rotatable bonds is 15. The van der Waals surface area contributed by atoms with Gasteiger partial charge in [-0.3, -0.25) is 0 Å². The molecule has 0 aromatic rings. The Bertz CT molecular complexity index is 242. The minimum Gasteiger partial charge on any atom is -0.372 e. The Hall–Kier alpha value is -0.0400. The Morgan fingerprint density at radius 3 is 1.45 bits per heavy atom. The molecule has 1 aliphatic heterocycles. The molecule has 0 amide bonds. The Morgan fingerprint density at radius 1 is 0.727 bits per heavy atom. The highest BCUT2D eigenvalue weighted by molar-refractivity contribution is 4.87. The molecule has 0 aliphatic carbocycles. The lowest BCUT2D eigenvalue weighted by atomic mass is 9.86. The molecule has 0 bridgehead atoms. The van der Waals surface area contributed by atoms with Crippen LogP contribution in [0.1, 0.15) is 124 Å². The highest BCUT2D eigenvalue weighted by Crippen LogP contribution is 2.36. The van der Waals surface area contributed by atoms with Crippen LogP contribution >= 0.6 is 0 Å². The van der Waals surface area contributed by atoms with Gasteiger partial charge in [0.05, 0.1) is 11.7 Å². The van der Waals surface area contributed by atoms with Crippen LogP contribution < -0.4 is 0 Å². The van der Waals surface area contributed by atoms with E-state index in [1.165, 1.54) is 103 Å². The quantitative estimate of drug-likeness (QED) is 0.286. The van der Waals surface area contributed by atoms with Crippen molar-refractivity contribution in [2.45, 2.75) is 135 Å². The van der Waals surface area contributed by atoms with Gasteiger partial charge in [-0.25, -0.2) is 0 Å². The summed E-state index contributed by atoms with van der Waals surface area (Å²) in [5.74, 6) is 0. The van der Waals surface area contributed by atoms with Crippen LogP contribution in [0.4, 0.5) is 0 Å². The fraction of sp³-hybridized carbons (Fsp3) is 1.00. The smallest absolute Gasteiger partial charge is 0.0682 e. The van der Waals surface area contributed by atoms with E-state index in [0.717, 1.165) is 0 Å². The van der Waals surface area contributed by atoms with Gasteiger partial charge in [-0.05, 0) is 20.3 Å². The highest BCUT2D eigenvalue weighted by Gasteiger charge is 2.37. The molecular formula is C21H42O. The molecule has 0 spiro atoms. The zero-order valence-electron chi connectivity index (χ0n) is 15.8. The van der Waals surface area contributed by atoms with Crippen molar-refractivity contribution in [2.24, 2.45) is 0 Å². The van der Waals surface area contributed by atoms with E-state index >= 15 is 0 Å². The predicted octanol–water partition coefficient (Wildman–Crippen LogP) is 7.43. The van der Waals surface area contributed by atoms with Crippen LogP contribution in [0.2, 0.25) is 0 Å². The van der Waals surface area contributed by atoms with E-state index in [4.69, 9.17) is 4.74 Å². The van der Waals surface area contributed by atoms with Crippen molar-refractivity contribution in [1.82, 2.24) is 0 Å². The molecule has 2 atom stereocenters. The van der Waals surface area contributed by atoms with E-state index < -0.39 is 0 Å². The summed E-state index contributed by atoms with van der Waals surface area (Å²) < 4.78 is 5.84. The second-order valence-electron chi connectivity index (χ2n) is 7.93. The van der Waals surface area contributed by atoms with Crippen molar-refractivity contribution in [1.29, 1.82) is 0 Å². The van der Waals surface area contributed by atoms with Gasteiger partial charge in [0, 0.05) is 6.42 Å². The highest BCUT2D eigenvalue weighted by atomic mass is 16.5. The van der Waals surface area contributed by atoms with Gasteiger partial charge in [-0.15, -0.1) is 0 Å². The van der Waals surface area contributed by atoms with Gasteiger partial charge in [-0.1, -0.05) is 96.8 Å². The van der Waals surface area contributed by atoms with Crippen LogP contribution in [0.25, 0.3) is 0 Å². The summed E-state index contributed by atoms with van der Waals surface area (Å²) in [7, 11) is 0. The number of ether oxygens (including phenoxy) is 1. The number of hydrogen-bond acceptors (Lipinski definition) is 1. The standard InChI is InChI=1S/C21H42O/c1-4-5-6-7-8-9-10-11-12-13-14-15-16-17-18-21(3)19-20(2)22-21/h20H,4-19H2,1-3H3/t20?,21-/m1/s1. The summed E-state index contributed by atoms with van der Waals surface area (Å²) in [6.45, 7) is 6.77. The van der Waals surface area contributed by atoms with Crippen molar-refractivity contribution in [3.05, 3.63) is 0 Å². The van der Waals surface area contributed by atoms with Crippen molar-refractivity contribution >= 4 is 0 Å². The average molecular weight is 311 g/mol. The monoisotopic (exact) mass is 310 g/mol. The first-order valence-electron chi connectivity index (χ1n) is 10.3. The third-order valence-electron chi connectivity index (χ3n) is 5.26. The minimum atomic E-state index is 0.233. The molecule has 22 heavy (non-hydrogen) atoms. The van der Waals surface area contributed by atoms with Crippen LogP contribution in [0.15, 0.2) is 0 Å². The van der Waals surface area contributed by atoms with Crippen LogP contribution in [0, 0.1) is 0 Å². The number of unbranched alkanes of at least 4 members (excludes halogenated alkanes) is 13. The molecule has 1 heteroatoms. The average Bonchev–Trinajstić information content (AvgIpc) is 2.46. The summed E-state index contributed by atoms with van der Waals surface area (Å²) in [5, 5.41) is 0. The van der Waals surface area contributed by atoms with Gasteiger partial charge < -0.3 is 4.74 Å². The minimum absolute atomic E-state index is 0.233. The second kappa shape index (κ2) is 12.4. The van der Waals surface area contributed by atoms with Crippen LogP contribution in [0.3, 0.4) is 0 Å². The third-order valence-corrected chi connectivity index (χ3v) is 5.26. The first kappa shape index (κ1) is 20.0. The van der Waals surface area contributed by atoms with Gasteiger partial charge in [0.2, 0.25) is 0 Å². The lowest BCUT2D eigenvalue weighted by Crippen LogP contribution is -2.46. The number of hydrogen-bond donors (Lipinski definition) is 0. The molecule has 0 aromatic carbocycles. The molecular weight excluding hydrogens is 268 g/mol. The normalized spacial score (nSPS) is 24.4. The third kappa shape index (κ3) is 9.87. The SMILES string of the molecule is CCCCCCCCCCCCCCCC[C@]1(C)CC(C)O1. The molecule has 1 aliphatic rings. The molecule has 1 rings (SSSR count). The lowest BCUT2D eigenvalue weighted by Gasteiger charge is -2.44. The molecule has 132 valence electrons. The van der Waals surface area contributed by atoms with Gasteiger partial charge in [0.25, 0.3) is 0 Å². The van der Waals surface area contributed by atoms with E-state index in [9.17, 15) is 0 Å². The van der Waals surface area contributed by atoms with Crippen LogP contribution in [-0.2, 0) is 4.74 Å². The van der Waals surface area contributed by atoms with Crippen molar-refractivity contribution < 1.29 is 4.74 Å². The van der Waals surface area contributed by atoms with Gasteiger partial charge in [0.1, 0.15) is 0 Å². The zero-order chi connectivity index (χ0) is 16.1. The maximum atomic E-state index is 5.84. The molecule has 0 radical (unpaired) electrons. The Kier molecular flexibility index (Phi) is 11.3. The molecule has 0 saturated carbocycles. The maximum Gasteiger partial charge on any atom is 0.0682 e. The maximum absolute atomic E-state index is 5.84. The van der Waals surface area contributed by atoms with Gasteiger partial charge in [-0.2, -0.15) is 0 Å². The Balaban J connectivity index is 1.70. The topological polar surface area (TPSA) is 9.23 Å². The first-order chi connectivity index (χ1) is 10.7. The Morgan fingerprint density at radius 2 is 1.09 bits per heavy atom. The largest absolute Gasteiger partial charge is 0.372 e. The Labute approximate surface area is 140 Å². The van der Waals surface area contributed by atoms with Crippen molar-refractivity contribution in [3.63, 3.8) is 0 Å². The molecule has 1 unspecified atom stereocenters. The van der Waals surface area contributed by atoms with E-state index in [2.05, 4.69) is 20.8 Å². The van der Waals surface area contributed by atoms with Gasteiger partial charge in [0.15, 0.2) is 0 Å². The summed E-state index contributed by atoms with van der Waals surface area (Å²) in [5.41, 5.74) is 0.233. The summed E-state index contributed by atoms with van der Waals surface area (Å²) in [4.78, 5) is 0. The lowest BCUT2D eigenvalue weighted by molar-refractivity contribution is -0.190. The molecule has 1 fully saturated rings. The molecule has 0 N–H and O–H groups in total. The van der Waals surface area contributed by atoms with Gasteiger partial charge >= 0.3 is 0 Å². The first-order valence-corrected chi connectivity index (χ1v) is 10.3. The fourth-order valence-corrected chi connectivity index (χ4v) is 3.94. The zero-order valence-corrected chi connectivity index (χ0v) is 15.8. The predicted molar refractivity (Wildman–Crippen MR) is 98.5 cm³/mol. The molecule has 1 saturated heterocycles. The molecule has 0 aromatic heterocycles. The summed E-state index contributed by atoms with van der Waals surface area (Å²) in [6, 6.07) is 0. The van der Waals surface area contributed by atoms with E-state index in [1.807, 2.05) is 0 Å². The van der Waals surface area contributed by atoms with E-state index in [1.54, 1.807) is 0 Å². The fourth-order valence-electron chi connectivity index (χ4n) is 3.94.